The molecule has 0 saturated carbocycles. The Morgan fingerprint density at radius 3 is 1.88 bits per heavy atom. The maximum Gasteiger partial charge on any atom is 0.338 e. The van der Waals surface area contributed by atoms with Gasteiger partial charge in [0.15, 0.2) is 18.4 Å². The lowest BCUT2D eigenvalue weighted by Gasteiger charge is -2.25. The molecule has 0 unspecified atom stereocenters. The van der Waals surface area contributed by atoms with Gasteiger partial charge in [-0.25, -0.2) is 24.5 Å². The smallest absolute Gasteiger partial charge is 0.338 e. The molecule has 3 aromatic carbocycles. The summed E-state index contributed by atoms with van der Waals surface area (Å²) in [5, 5.41) is 6.13. The Hall–Kier alpha value is -5.62. The largest absolute Gasteiger partial charge is 0.459 e. The van der Waals surface area contributed by atoms with E-state index in [1.165, 1.54) is 17.1 Å². The summed E-state index contributed by atoms with van der Waals surface area (Å²) in [4.78, 5) is 56.3. The van der Waals surface area contributed by atoms with Crippen LogP contribution in [-0.4, -0.2) is 62.6 Å². The van der Waals surface area contributed by atoms with Crippen molar-refractivity contribution in [2.75, 3.05) is 6.61 Å². The number of carbonyl (C=O) groups excluding carboxylic acids is 3. The van der Waals surface area contributed by atoms with Crippen molar-refractivity contribution in [1.82, 2.24) is 19.7 Å². The molecule has 0 aliphatic carbocycles. The summed E-state index contributed by atoms with van der Waals surface area (Å²) in [5.41, 5.74) is 0.582. The number of benzene rings is 3. The average Bonchev–Trinajstić information content (AvgIpc) is 3.63. The van der Waals surface area contributed by atoms with Crippen LogP contribution in [0.1, 0.15) is 37.3 Å². The van der Waals surface area contributed by atoms with Crippen molar-refractivity contribution in [2.24, 2.45) is 0 Å². The molecular formula is C31H24N4O8. The van der Waals surface area contributed by atoms with E-state index in [-0.39, 0.29) is 28.8 Å². The first-order valence-corrected chi connectivity index (χ1v) is 13.3. The lowest BCUT2D eigenvalue weighted by molar-refractivity contribution is -0.0605. The molecule has 0 bridgehead atoms. The molecule has 0 spiro atoms. The minimum absolute atomic E-state index is 0.0934. The van der Waals surface area contributed by atoms with Gasteiger partial charge in [0.2, 0.25) is 0 Å². The van der Waals surface area contributed by atoms with Gasteiger partial charge in [-0.15, -0.1) is 0 Å². The molecule has 1 aliphatic heterocycles. The molecule has 12 heteroatoms. The minimum Gasteiger partial charge on any atom is -0.459 e. The molecule has 4 atom stereocenters. The molecule has 12 nitrogen and oxygen atoms in total. The Kier molecular flexibility index (Phi) is 7.74. The number of carbonyl (C=O) groups is 3. The number of H-pyrrole nitrogens is 1. The third kappa shape index (κ3) is 5.76. The topological polar surface area (TPSA) is 152 Å². The number of hydrogen-bond acceptors (Lipinski definition) is 10. The van der Waals surface area contributed by atoms with E-state index >= 15 is 0 Å². The Morgan fingerprint density at radius 1 is 0.767 bits per heavy atom. The van der Waals surface area contributed by atoms with Gasteiger partial charge in [-0.2, -0.15) is 5.10 Å². The van der Waals surface area contributed by atoms with Gasteiger partial charge in [-0.05, 0) is 36.4 Å². The normalized spacial score (nSPS) is 19.5. The molecule has 1 N–H and O–H groups in total. The fourth-order valence-corrected chi connectivity index (χ4v) is 4.78. The molecule has 1 aliphatic rings. The van der Waals surface area contributed by atoms with Crippen LogP contribution in [0.15, 0.2) is 108 Å². The predicted octanol–water partition coefficient (Wildman–Crippen LogP) is 3.33. The molecule has 0 radical (unpaired) electrons. The van der Waals surface area contributed by atoms with Crippen molar-refractivity contribution in [3.05, 3.63) is 131 Å². The summed E-state index contributed by atoms with van der Waals surface area (Å²) in [6, 6.07) is 24.8. The van der Waals surface area contributed by atoms with Crippen molar-refractivity contribution in [1.29, 1.82) is 0 Å². The monoisotopic (exact) mass is 580 g/mol. The Morgan fingerprint density at radius 2 is 1.30 bits per heavy atom. The number of fused-ring (bicyclic) bond motifs is 1. The van der Waals surface area contributed by atoms with Gasteiger partial charge >= 0.3 is 17.9 Å². The number of hydrogen-bond donors (Lipinski definition) is 1. The molecule has 43 heavy (non-hydrogen) atoms. The van der Waals surface area contributed by atoms with E-state index in [1.807, 2.05) is 0 Å². The number of nitrogens with zero attached hydrogens (tertiary/aromatic N) is 3. The summed E-state index contributed by atoms with van der Waals surface area (Å²) >= 11 is 0. The lowest BCUT2D eigenvalue weighted by Crippen LogP contribution is -2.41. The van der Waals surface area contributed by atoms with E-state index in [2.05, 4.69) is 15.2 Å². The van der Waals surface area contributed by atoms with E-state index < -0.39 is 48.0 Å². The van der Waals surface area contributed by atoms with Gasteiger partial charge in [0.1, 0.15) is 23.7 Å². The van der Waals surface area contributed by atoms with Gasteiger partial charge in [0, 0.05) is 0 Å². The maximum absolute atomic E-state index is 13.3. The van der Waals surface area contributed by atoms with Crippen molar-refractivity contribution in [2.45, 2.75) is 24.5 Å². The molecule has 0 amide bonds. The second-order valence-electron chi connectivity index (χ2n) is 9.59. The summed E-state index contributed by atoms with van der Waals surface area (Å²) in [6.07, 6.45) is -2.14. The standard InChI is InChI=1S/C31H24N4O8/c36-27-24-22(16-33-34-27)32-18-35(24)28-26(43-31(39)21-14-8-3-9-15-21)25(42-30(38)20-12-6-2-7-13-20)23(41-28)17-40-29(37)19-10-4-1-5-11-19/h1-16,18,23,25-26,28H,17H2,(H,34,36)/t23-,25-,26-,28-/m1/s1. The van der Waals surface area contributed by atoms with Gasteiger partial charge in [0.05, 0.1) is 29.2 Å². The number of aromatic amines is 1. The maximum atomic E-state index is 13.3. The molecular weight excluding hydrogens is 556 g/mol. The minimum atomic E-state index is -1.29. The summed E-state index contributed by atoms with van der Waals surface area (Å²) in [7, 11) is 0. The highest BCUT2D eigenvalue weighted by Crippen LogP contribution is 2.36. The van der Waals surface area contributed by atoms with Crippen molar-refractivity contribution >= 4 is 28.9 Å². The van der Waals surface area contributed by atoms with E-state index in [0.717, 1.165) is 0 Å². The van der Waals surface area contributed by atoms with E-state index in [0.29, 0.717) is 5.56 Å². The van der Waals surface area contributed by atoms with Crippen LogP contribution in [0.4, 0.5) is 0 Å². The molecule has 216 valence electrons. The number of imidazole rings is 1. The van der Waals surface area contributed by atoms with Crippen molar-refractivity contribution < 1.29 is 33.3 Å². The second-order valence-corrected chi connectivity index (χ2v) is 9.59. The van der Waals surface area contributed by atoms with Crippen LogP contribution in [0.25, 0.3) is 11.0 Å². The third-order valence-electron chi connectivity index (χ3n) is 6.84. The molecule has 5 aromatic rings. The first-order valence-electron chi connectivity index (χ1n) is 13.3. The van der Waals surface area contributed by atoms with E-state index in [4.69, 9.17) is 18.9 Å². The SMILES string of the molecule is O=C(OC[C@H]1O[C@@H](n2cnc3cn[nH]c(=O)c32)[C@H](OC(=O)c2ccccc2)[C@@H]1OC(=O)c1ccccc1)c1ccccc1. The summed E-state index contributed by atoms with van der Waals surface area (Å²) in [6.45, 7) is -0.360. The van der Waals surface area contributed by atoms with Gasteiger partial charge < -0.3 is 18.9 Å². The zero-order valence-corrected chi connectivity index (χ0v) is 22.4. The lowest BCUT2D eigenvalue weighted by atomic mass is 10.1. The number of esters is 3. The van der Waals surface area contributed by atoms with Crippen LogP contribution >= 0.6 is 0 Å². The zero-order chi connectivity index (χ0) is 29.8. The van der Waals surface area contributed by atoms with Gasteiger partial charge in [-0.3, -0.25) is 9.36 Å². The third-order valence-corrected chi connectivity index (χ3v) is 6.84. The van der Waals surface area contributed by atoms with Crippen LogP contribution in [0.2, 0.25) is 0 Å². The van der Waals surface area contributed by atoms with Gasteiger partial charge in [0.25, 0.3) is 5.56 Å². The fourth-order valence-electron chi connectivity index (χ4n) is 4.78. The molecule has 6 rings (SSSR count). The first-order chi connectivity index (χ1) is 21.0. The van der Waals surface area contributed by atoms with Crippen LogP contribution in [0, 0.1) is 0 Å². The van der Waals surface area contributed by atoms with Crippen LogP contribution in [0.5, 0.6) is 0 Å². The first kappa shape index (κ1) is 27.5. The van der Waals surface area contributed by atoms with Crippen LogP contribution < -0.4 is 5.56 Å². The van der Waals surface area contributed by atoms with Gasteiger partial charge in [-0.1, -0.05) is 54.6 Å². The van der Waals surface area contributed by atoms with E-state index in [1.54, 1.807) is 91.0 Å². The highest BCUT2D eigenvalue weighted by Gasteiger charge is 2.51. The molecule has 3 heterocycles. The summed E-state index contributed by atoms with van der Waals surface area (Å²) in [5.74, 6) is -2.07. The van der Waals surface area contributed by atoms with Crippen LogP contribution in [-0.2, 0) is 18.9 Å². The van der Waals surface area contributed by atoms with E-state index in [9.17, 15) is 19.2 Å². The predicted molar refractivity (Wildman–Crippen MR) is 150 cm³/mol. The number of aromatic nitrogens is 4. The number of ether oxygens (including phenoxy) is 4. The molecule has 2 aromatic heterocycles. The zero-order valence-electron chi connectivity index (χ0n) is 22.4. The van der Waals surface area contributed by atoms with Crippen molar-refractivity contribution in [3.8, 4) is 0 Å². The Labute approximate surface area is 243 Å². The fraction of sp³-hybridized carbons (Fsp3) is 0.161. The average molecular weight is 581 g/mol. The molecule has 1 saturated heterocycles. The number of nitrogens with one attached hydrogen (secondary N) is 1. The Balaban J connectivity index is 1.38. The highest BCUT2D eigenvalue weighted by atomic mass is 16.7. The van der Waals surface area contributed by atoms with Crippen molar-refractivity contribution in [3.63, 3.8) is 0 Å². The quantitative estimate of drug-likeness (QED) is 0.214. The molecule has 1 fully saturated rings. The highest BCUT2D eigenvalue weighted by molar-refractivity contribution is 5.91. The second kappa shape index (κ2) is 12.1. The summed E-state index contributed by atoms with van der Waals surface area (Å²) < 4.78 is 25.0. The Bertz CT molecular complexity index is 1810. The van der Waals surface area contributed by atoms with Crippen LogP contribution in [0.3, 0.4) is 0 Å². The number of rotatable bonds is 8.